The van der Waals surface area contributed by atoms with E-state index in [0.29, 0.717) is 41.4 Å². The van der Waals surface area contributed by atoms with Crippen LogP contribution in [0.15, 0.2) is 43.1 Å². The van der Waals surface area contributed by atoms with Crippen LogP contribution in [0.5, 0.6) is 11.6 Å². The molecule has 0 spiro atoms. The number of anilines is 2. The van der Waals surface area contributed by atoms with Gasteiger partial charge >= 0.3 is 0 Å². The van der Waals surface area contributed by atoms with Crippen LogP contribution in [-0.4, -0.2) is 99.6 Å². The molecule has 1 aliphatic heterocycles. The smallest absolute Gasteiger partial charge is 0.257 e. The normalized spacial score (nSPS) is 22.3. The summed E-state index contributed by atoms with van der Waals surface area (Å²) in [6.45, 7) is 12.1. The van der Waals surface area contributed by atoms with E-state index >= 15 is 0 Å². The molecule has 2 fully saturated rings. The van der Waals surface area contributed by atoms with Crippen LogP contribution in [0.2, 0.25) is 0 Å². The number of aromatic nitrogens is 8. The summed E-state index contributed by atoms with van der Waals surface area (Å²) in [5.74, 6) is 1.21. The van der Waals surface area contributed by atoms with Gasteiger partial charge in [0.1, 0.15) is 36.5 Å². The van der Waals surface area contributed by atoms with E-state index < -0.39 is 5.60 Å². The second-order valence-electron chi connectivity index (χ2n) is 13.8. The van der Waals surface area contributed by atoms with Crippen molar-refractivity contribution in [1.29, 1.82) is 5.26 Å². The predicted octanol–water partition coefficient (Wildman–Crippen LogP) is 4.15. The summed E-state index contributed by atoms with van der Waals surface area (Å²) in [5, 5.41) is 39.3. The van der Waals surface area contributed by atoms with Crippen LogP contribution in [0.1, 0.15) is 71.9 Å². The maximum Gasteiger partial charge on any atom is 0.257 e. The lowest BCUT2D eigenvalue weighted by Crippen LogP contribution is -2.51. The third-order valence-electron chi connectivity index (χ3n) is 8.76. The molecular weight excluding hydrogens is 626 g/mol. The first kappa shape index (κ1) is 34.2. The fourth-order valence-electron chi connectivity index (χ4n) is 6.54. The Morgan fingerprint density at radius 3 is 2.45 bits per heavy atom. The minimum atomic E-state index is -1.03. The lowest BCUT2D eigenvalue weighted by Gasteiger charge is -2.42. The van der Waals surface area contributed by atoms with Gasteiger partial charge in [0.05, 0.1) is 42.2 Å². The summed E-state index contributed by atoms with van der Waals surface area (Å²) in [5.41, 5.74) is 1.57. The molecule has 0 bridgehead atoms. The molecule has 3 atom stereocenters. The van der Waals surface area contributed by atoms with E-state index in [9.17, 15) is 10.4 Å². The summed E-state index contributed by atoms with van der Waals surface area (Å²) in [4.78, 5) is 11.7. The van der Waals surface area contributed by atoms with Crippen molar-refractivity contribution in [2.45, 2.75) is 103 Å². The fraction of sp³-hybridized carbons (Fsp3) is 0.559. The Bertz CT molecular complexity index is 1700. The minimum Gasteiger partial charge on any atom is -0.487 e. The van der Waals surface area contributed by atoms with Gasteiger partial charge in [-0.25, -0.2) is 14.6 Å². The van der Waals surface area contributed by atoms with Crippen molar-refractivity contribution in [3.05, 3.63) is 48.7 Å². The van der Waals surface area contributed by atoms with E-state index in [4.69, 9.17) is 19.3 Å². The molecule has 0 amide bonds. The molecule has 4 aromatic rings. The zero-order valence-electron chi connectivity index (χ0n) is 28.7. The van der Waals surface area contributed by atoms with Crippen LogP contribution in [0, 0.1) is 11.3 Å². The lowest BCUT2D eigenvalue weighted by molar-refractivity contribution is -0.0852. The summed E-state index contributed by atoms with van der Waals surface area (Å²) in [7, 11) is 0. The number of tetrazole rings is 1. The molecule has 0 radical (unpaired) electrons. The van der Waals surface area contributed by atoms with Crippen LogP contribution in [0.4, 0.5) is 11.6 Å². The third kappa shape index (κ3) is 8.88. The van der Waals surface area contributed by atoms with Crippen molar-refractivity contribution in [2.75, 3.05) is 25.0 Å². The number of nitrogens with one attached hydrogen (secondary N) is 1. The van der Waals surface area contributed by atoms with Gasteiger partial charge in [0.25, 0.3) is 5.88 Å². The van der Waals surface area contributed by atoms with Crippen LogP contribution in [0.3, 0.4) is 0 Å². The Morgan fingerprint density at radius 1 is 1.08 bits per heavy atom. The van der Waals surface area contributed by atoms with Crippen molar-refractivity contribution in [2.24, 2.45) is 0 Å². The summed E-state index contributed by atoms with van der Waals surface area (Å²) in [6.07, 6.45) is 11.3. The van der Waals surface area contributed by atoms with E-state index in [1.54, 1.807) is 37.0 Å². The number of benzene rings is 1. The van der Waals surface area contributed by atoms with Gasteiger partial charge in [0.15, 0.2) is 0 Å². The second kappa shape index (κ2) is 14.9. The standard InChI is InChI=1S/C34H45N11O4/c1-22-16-43(17-23(2)48-22)28-8-10-29(11-9-28)45-19-30(32(40-45)47-20-34(4,5)46)39-33-36-14-27(15-37-33)25-6-7-26(13-35)31(12-25)49-24(3)18-44-21-38-41-42-44/h6-7,12,14-15,19,21-24,28-29,46H,8-11,16-18,20H2,1-5H3,(H,36,37,39)/t22-,23+,24-,28?,29?/m0/s1. The van der Waals surface area contributed by atoms with Gasteiger partial charge in [-0.2, -0.15) is 5.26 Å². The number of ether oxygens (including phenoxy) is 3. The Balaban J connectivity index is 1.14. The number of hydrogen-bond acceptors (Lipinski definition) is 13. The highest BCUT2D eigenvalue weighted by Gasteiger charge is 2.32. The van der Waals surface area contributed by atoms with Gasteiger partial charge in [-0.1, -0.05) is 6.07 Å². The Morgan fingerprint density at radius 2 is 1.80 bits per heavy atom. The van der Waals surface area contributed by atoms with E-state index in [2.05, 4.69) is 55.6 Å². The Hall–Kier alpha value is -4.65. The number of nitriles is 1. The van der Waals surface area contributed by atoms with Crippen LogP contribution >= 0.6 is 0 Å². The topological polar surface area (TPSA) is 174 Å². The summed E-state index contributed by atoms with van der Waals surface area (Å²) >= 11 is 0. The molecule has 1 aromatic carbocycles. The molecule has 1 saturated carbocycles. The third-order valence-corrected chi connectivity index (χ3v) is 8.76. The molecule has 3 aromatic heterocycles. The Labute approximate surface area is 286 Å². The predicted molar refractivity (Wildman–Crippen MR) is 180 cm³/mol. The SMILES string of the molecule is C[C@@H]1CN(C2CCC(n3cc(Nc4ncc(-c5ccc(C#N)c(O[C@@H](C)Cn6cnnn6)c5)cn4)c(OCC(C)(C)O)n3)CC2)C[C@H](C)O1. The van der Waals surface area contributed by atoms with E-state index in [1.165, 1.54) is 6.33 Å². The average molecular weight is 672 g/mol. The van der Waals surface area contributed by atoms with Crippen LogP contribution in [0.25, 0.3) is 11.1 Å². The van der Waals surface area contributed by atoms with Gasteiger partial charge in [0, 0.05) is 37.1 Å². The highest BCUT2D eigenvalue weighted by atomic mass is 16.5. The maximum absolute atomic E-state index is 10.3. The highest BCUT2D eigenvalue weighted by Crippen LogP contribution is 2.36. The van der Waals surface area contributed by atoms with Crippen LogP contribution in [-0.2, 0) is 11.3 Å². The van der Waals surface area contributed by atoms with E-state index in [-0.39, 0.29) is 31.0 Å². The van der Waals surface area contributed by atoms with Crippen molar-refractivity contribution in [3.8, 4) is 28.8 Å². The maximum atomic E-state index is 10.3. The average Bonchev–Trinajstić information content (AvgIpc) is 3.73. The molecule has 4 heterocycles. The van der Waals surface area contributed by atoms with Crippen molar-refractivity contribution < 1.29 is 19.3 Å². The van der Waals surface area contributed by atoms with Gasteiger partial charge < -0.3 is 24.6 Å². The first-order valence-corrected chi connectivity index (χ1v) is 16.9. The largest absolute Gasteiger partial charge is 0.487 e. The number of rotatable bonds is 12. The molecular formula is C34H45N11O4. The zero-order chi connectivity index (χ0) is 34.5. The van der Waals surface area contributed by atoms with Crippen LogP contribution < -0.4 is 14.8 Å². The quantitative estimate of drug-likeness (QED) is 0.220. The van der Waals surface area contributed by atoms with Gasteiger partial charge in [-0.05, 0) is 88.4 Å². The number of hydrogen-bond donors (Lipinski definition) is 2. The van der Waals surface area contributed by atoms with Gasteiger partial charge in [0.2, 0.25) is 5.95 Å². The Kier molecular flexibility index (Phi) is 10.4. The zero-order valence-corrected chi connectivity index (χ0v) is 28.7. The molecule has 49 heavy (non-hydrogen) atoms. The molecule has 15 nitrogen and oxygen atoms in total. The van der Waals surface area contributed by atoms with Crippen molar-refractivity contribution in [3.63, 3.8) is 0 Å². The molecule has 1 saturated heterocycles. The molecule has 260 valence electrons. The summed E-state index contributed by atoms with van der Waals surface area (Å²) < 4.78 is 21.6. The number of morpholine rings is 1. The summed E-state index contributed by atoms with van der Waals surface area (Å²) in [6, 6.07) is 8.34. The molecule has 0 unspecified atom stereocenters. The highest BCUT2D eigenvalue weighted by molar-refractivity contribution is 5.67. The van der Waals surface area contributed by atoms with Crippen molar-refractivity contribution >= 4 is 11.6 Å². The van der Waals surface area contributed by atoms with E-state index in [0.717, 1.165) is 49.9 Å². The minimum absolute atomic E-state index is 0.0794. The molecule has 1 aliphatic carbocycles. The van der Waals surface area contributed by atoms with Gasteiger partial charge in [-0.15, -0.1) is 10.2 Å². The molecule has 6 rings (SSSR count). The number of nitrogens with zero attached hydrogens (tertiary/aromatic N) is 10. The first-order valence-electron chi connectivity index (χ1n) is 16.9. The molecule has 2 N–H and O–H groups in total. The number of aliphatic hydroxyl groups is 1. The first-order chi connectivity index (χ1) is 23.5. The second-order valence-corrected chi connectivity index (χ2v) is 13.8. The lowest BCUT2D eigenvalue weighted by atomic mass is 9.89. The molecule has 15 heteroatoms. The van der Waals surface area contributed by atoms with E-state index in [1.807, 2.05) is 29.9 Å². The molecule has 2 aliphatic rings. The monoisotopic (exact) mass is 671 g/mol. The van der Waals surface area contributed by atoms with Gasteiger partial charge in [-0.3, -0.25) is 9.58 Å². The van der Waals surface area contributed by atoms with Crippen molar-refractivity contribution in [1.82, 2.24) is 44.9 Å². The fourth-order valence-corrected chi connectivity index (χ4v) is 6.54.